The van der Waals surface area contributed by atoms with Gasteiger partial charge >= 0.3 is 0 Å². The van der Waals surface area contributed by atoms with E-state index in [1.54, 1.807) is 12.4 Å². The van der Waals surface area contributed by atoms with Crippen molar-refractivity contribution < 1.29 is 4.79 Å². The molecule has 0 N–H and O–H groups in total. The molecular formula is C20H21N3O. The van der Waals surface area contributed by atoms with Gasteiger partial charge in [0.15, 0.2) is 0 Å². The summed E-state index contributed by atoms with van der Waals surface area (Å²) in [5, 5.41) is 9.04. The molecule has 1 aromatic heterocycles. The molecule has 4 heteroatoms. The Morgan fingerprint density at radius 2 is 1.92 bits per heavy atom. The van der Waals surface area contributed by atoms with Crippen LogP contribution in [0.5, 0.6) is 0 Å². The van der Waals surface area contributed by atoms with Crippen molar-refractivity contribution in [3.63, 3.8) is 0 Å². The van der Waals surface area contributed by atoms with Crippen molar-refractivity contribution in [2.24, 2.45) is 0 Å². The highest BCUT2D eigenvalue weighted by molar-refractivity contribution is 5.79. The number of carbonyl (C=O) groups excluding carboxylic acids is 1. The Hall–Kier alpha value is -2.67. The van der Waals surface area contributed by atoms with Crippen LogP contribution in [0, 0.1) is 11.3 Å². The molecule has 0 saturated heterocycles. The SMILES string of the molecule is N#CCC(=O)N(Cc1cccnc1)C1(c2ccccc2)CCCC1. The summed E-state index contributed by atoms with van der Waals surface area (Å²) in [5.74, 6) is -0.105. The summed E-state index contributed by atoms with van der Waals surface area (Å²) in [5.41, 5.74) is 1.84. The fourth-order valence-electron chi connectivity index (χ4n) is 3.74. The van der Waals surface area contributed by atoms with Crippen molar-refractivity contribution >= 4 is 5.91 Å². The van der Waals surface area contributed by atoms with Gasteiger partial charge in [0.05, 0.1) is 11.6 Å². The van der Waals surface area contributed by atoms with Crippen molar-refractivity contribution in [2.75, 3.05) is 0 Å². The number of nitrogens with zero attached hydrogens (tertiary/aromatic N) is 3. The summed E-state index contributed by atoms with van der Waals surface area (Å²) < 4.78 is 0. The van der Waals surface area contributed by atoms with E-state index in [2.05, 4.69) is 17.1 Å². The molecule has 1 heterocycles. The van der Waals surface area contributed by atoms with Crippen LogP contribution in [0.3, 0.4) is 0 Å². The summed E-state index contributed by atoms with van der Waals surface area (Å²) >= 11 is 0. The molecule has 2 aromatic rings. The van der Waals surface area contributed by atoms with E-state index in [-0.39, 0.29) is 17.9 Å². The zero-order valence-electron chi connectivity index (χ0n) is 13.7. The lowest BCUT2D eigenvalue weighted by Gasteiger charge is -2.42. The van der Waals surface area contributed by atoms with Crippen molar-refractivity contribution in [2.45, 2.75) is 44.2 Å². The Labute approximate surface area is 142 Å². The van der Waals surface area contributed by atoms with E-state index >= 15 is 0 Å². The predicted octanol–water partition coefficient (Wildman–Crippen LogP) is 3.79. The molecule has 0 aliphatic heterocycles. The second kappa shape index (κ2) is 7.27. The summed E-state index contributed by atoms with van der Waals surface area (Å²) in [6.45, 7) is 0.489. The molecule has 122 valence electrons. The minimum atomic E-state index is -0.314. The minimum Gasteiger partial charge on any atom is -0.328 e. The van der Waals surface area contributed by atoms with Crippen LogP contribution >= 0.6 is 0 Å². The highest BCUT2D eigenvalue weighted by atomic mass is 16.2. The molecule has 0 spiro atoms. The first-order valence-electron chi connectivity index (χ1n) is 8.38. The maximum atomic E-state index is 12.8. The summed E-state index contributed by atoms with van der Waals surface area (Å²) in [6, 6.07) is 16.1. The Balaban J connectivity index is 2.01. The number of amides is 1. The van der Waals surface area contributed by atoms with Gasteiger partial charge in [0, 0.05) is 18.9 Å². The third kappa shape index (κ3) is 3.16. The van der Waals surface area contributed by atoms with Crippen LogP contribution in [0.15, 0.2) is 54.9 Å². The molecule has 1 amide bonds. The Bertz CT molecular complexity index is 716. The van der Waals surface area contributed by atoms with Crippen LogP contribution < -0.4 is 0 Å². The van der Waals surface area contributed by atoms with Gasteiger partial charge < -0.3 is 4.90 Å². The molecule has 4 nitrogen and oxygen atoms in total. The van der Waals surface area contributed by atoms with E-state index in [0.29, 0.717) is 6.54 Å². The number of rotatable bonds is 5. The molecule has 0 radical (unpaired) electrons. The van der Waals surface area contributed by atoms with Gasteiger partial charge in [-0.15, -0.1) is 0 Å². The van der Waals surface area contributed by atoms with Crippen LogP contribution in [0.4, 0.5) is 0 Å². The van der Waals surface area contributed by atoms with Gasteiger partial charge in [-0.25, -0.2) is 0 Å². The van der Waals surface area contributed by atoms with Gasteiger partial charge in [-0.2, -0.15) is 5.26 Å². The van der Waals surface area contributed by atoms with Gasteiger partial charge in [-0.1, -0.05) is 49.2 Å². The maximum Gasteiger partial charge on any atom is 0.237 e. The zero-order valence-corrected chi connectivity index (χ0v) is 13.7. The fraction of sp³-hybridized carbons (Fsp3) is 0.350. The van der Waals surface area contributed by atoms with Gasteiger partial charge in [0.2, 0.25) is 5.91 Å². The zero-order chi connectivity index (χ0) is 16.8. The second-order valence-electron chi connectivity index (χ2n) is 6.28. The first-order chi connectivity index (χ1) is 11.8. The molecule has 0 bridgehead atoms. The third-order valence-electron chi connectivity index (χ3n) is 4.85. The molecule has 1 aromatic carbocycles. The first kappa shape index (κ1) is 16.2. The van der Waals surface area contributed by atoms with Crippen LogP contribution in [0.2, 0.25) is 0 Å². The molecule has 1 saturated carbocycles. The number of carbonyl (C=O) groups is 1. The van der Waals surface area contributed by atoms with Gasteiger partial charge in [0.1, 0.15) is 6.42 Å². The third-order valence-corrected chi connectivity index (χ3v) is 4.85. The van der Waals surface area contributed by atoms with Gasteiger partial charge in [0.25, 0.3) is 0 Å². The second-order valence-corrected chi connectivity index (χ2v) is 6.28. The molecule has 0 atom stereocenters. The van der Waals surface area contributed by atoms with E-state index in [1.807, 2.05) is 41.3 Å². The summed E-state index contributed by atoms with van der Waals surface area (Å²) in [6.07, 6.45) is 7.50. The number of aromatic nitrogens is 1. The number of hydrogen-bond donors (Lipinski definition) is 0. The van der Waals surface area contributed by atoms with Crippen molar-refractivity contribution in [1.82, 2.24) is 9.88 Å². The van der Waals surface area contributed by atoms with Gasteiger partial charge in [-0.05, 0) is 30.0 Å². The smallest absolute Gasteiger partial charge is 0.237 e. The van der Waals surface area contributed by atoms with Gasteiger partial charge in [-0.3, -0.25) is 9.78 Å². The fourth-order valence-corrected chi connectivity index (χ4v) is 3.74. The molecule has 3 rings (SSSR count). The van der Waals surface area contributed by atoms with E-state index in [1.165, 1.54) is 0 Å². The number of nitriles is 1. The number of pyridine rings is 1. The summed E-state index contributed by atoms with van der Waals surface area (Å²) in [7, 11) is 0. The van der Waals surface area contributed by atoms with Crippen LogP contribution in [0.25, 0.3) is 0 Å². The van der Waals surface area contributed by atoms with E-state index in [0.717, 1.165) is 36.8 Å². The standard InChI is InChI=1S/C20H21N3O/c21-13-10-19(24)23(16-17-7-6-14-22-15-17)20(11-4-5-12-20)18-8-2-1-3-9-18/h1-3,6-9,14-15H,4-5,10-12,16H2. The summed E-state index contributed by atoms with van der Waals surface area (Å²) in [4.78, 5) is 18.9. The normalized spacial score (nSPS) is 15.6. The van der Waals surface area contributed by atoms with Crippen molar-refractivity contribution in [3.8, 4) is 6.07 Å². The highest BCUT2D eigenvalue weighted by Gasteiger charge is 2.43. The lowest BCUT2D eigenvalue weighted by Crippen LogP contribution is -2.47. The largest absolute Gasteiger partial charge is 0.328 e. The number of benzene rings is 1. The lowest BCUT2D eigenvalue weighted by molar-refractivity contribution is -0.138. The highest BCUT2D eigenvalue weighted by Crippen LogP contribution is 2.44. The Morgan fingerprint density at radius 1 is 1.17 bits per heavy atom. The first-order valence-corrected chi connectivity index (χ1v) is 8.38. The average molecular weight is 319 g/mol. The Kier molecular flexibility index (Phi) is 4.90. The lowest BCUT2D eigenvalue weighted by atomic mass is 9.85. The topological polar surface area (TPSA) is 57.0 Å². The minimum absolute atomic E-state index is 0.0884. The van der Waals surface area contributed by atoms with Crippen molar-refractivity contribution in [3.05, 3.63) is 66.0 Å². The number of hydrogen-bond acceptors (Lipinski definition) is 3. The quantitative estimate of drug-likeness (QED) is 0.842. The Morgan fingerprint density at radius 3 is 2.54 bits per heavy atom. The molecule has 1 aliphatic carbocycles. The van der Waals surface area contributed by atoms with E-state index in [9.17, 15) is 4.79 Å². The van der Waals surface area contributed by atoms with Crippen LogP contribution in [0.1, 0.15) is 43.2 Å². The molecule has 24 heavy (non-hydrogen) atoms. The molecule has 1 aliphatic rings. The van der Waals surface area contributed by atoms with Crippen LogP contribution in [-0.2, 0) is 16.9 Å². The predicted molar refractivity (Wildman–Crippen MR) is 91.6 cm³/mol. The monoisotopic (exact) mass is 319 g/mol. The van der Waals surface area contributed by atoms with Crippen LogP contribution in [-0.4, -0.2) is 15.8 Å². The molecule has 1 fully saturated rings. The van der Waals surface area contributed by atoms with E-state index < -0.39 is 0 Å². The van der Waals surface area contributed by atoms with E-state index in [4.69, 9.17) is 5.26 Å². The molecular weight excluding hydrogens is 298 g/mol. The maximum absolute atomic E-state index is 12.8. The average Bonchev–Trinajstić information content (AvgIpc) is 3.12. The van der Waals surface area contributed by atoms with Crippen molar-refractivity contribution in [1.29, 1.82) is 5.26 Å². The molecule has 0 unspecified atom stereocenters.